The van der Waals surface area contributed by atoms with Crippen LogP contribution in [0.4, 0.5) is 0 Å². The number of carbonyl (C=O) groups is 1. The molecule has 0 aromatic rings. The molecule has 1 aliphatic rings. The minimum Gasteiger partial charge on any atom is -0.303 e. The van der Waals surface area contributed by atoms with E-state index in [9.17, 15) is 4.79 Å². The average Bonchev–Trinajstić information content (AvgIpc) is 2.01. The maximum atomic E-state index is 10.8. The van der Waals surface area contributed by atoms with Gasteiger partial charge < -0.3 is 4.90 Å². The summed E-state index contributed by atoms with van der Waals surface area (Å²) in [6.07, 6.45) is 4.93. The summed E-state index contributed by atoms with van der Waals surface area (Å²) in [5.74, 6) is 1.24. The Morgan fingerprint density at radius 3 is 2.54 bits per heavy atom. The van der Waals surface area contributed by atoms with Crippen molar-refractivity contribution in [2.24, 2.45) is 5.92 Å². The van der Waals surface area contributed by atoms with Gasteiger partial charge in [-0.05, 0) is 32.2 Å². The molecule has 2 heteroatoms. The predicted octanol–water partition coefficient (Wildman–Crippen LogP) is 2.09. The standard InChI is InChI=1S/C11H21NO/c1-3-12(8-7-10(2)13)9-11-5-4-6-11/h11H,3-9H2,1-2H3. The first kappa shape index (κ1) is 10.7. The lowest BCUT2D eigenvalue weighted by atomic mass is 9.85. The fourth-order valence-electron chi connectivity index (χ4n) is 1.73. The second-order valence-corrected chi connectivity index (χ2v) is 4.14. The van der Waals surface area contributed by atoms with E-state index in [4.69, 9.17) is 0 Å². The third kappa shape index (κ3) is 3.90. The highest BCUT2D eigenvalue weighted by Gasteiger charge is 2.19. The molecule has 0 aliphatic heterocycles. The number of carbonyl (C=O) groups excluding carboxylic acids is 1. The molecule has 0 heterocycles. The molecule has 0 N–H and O–H groups in total. The van der Waals surface area contributed by atoms with Crippen LogP contribution < -0.4 is 0 Å². The van der Waals surface area contributed by atoms with Gasteiger partial charge in [-0.3, -0.25) is 4.79 Å². The molecule has 0 aromatic carbocycles. The zero-order valence-corrected chi connectivity index (χ0v) is 8.88. The van der Waals surface area contributed by atoms with Crippen LogP contribution >= 0.6 is 0 Å². The molecule has 1 fully saturated rings. The Kier molecular flexibility index (Phi) is 4.43. The van der Waals surface area contributed by atoms with Crippen LogP contribution in [0.15, 0.2) is 0 Å². The topological polar surface area (TPSA) is 20.3 Å². The van der Waals surface area contributed by atoms with E-state index in [1.807, 2.05) is 0 Å². The minimum atomic E-state index is 0.312. The van der Waals surface area contributed by atoms with Crippen molar-refractivity contribution in [2.45, 2.75) is 39.5 Å². The smallest absolute Gasteiger partial charge is 0.131 e. The van der Waals surface area contributed by atoms with E-state index < -0.39 is 0 Å². The molecule has 0 amide bonds. The van der Waals surface area contributed by atoms with Gasteiger partial charge in [0.15, 0.2) is 0 Å². The lowest BCUT2D eigenvalue weighted by Crippen LogP contribution is -2.33. The third-order valence-corrected chi connectivity index (χ3v) is 2.97. The highest BCUT2D eigenvalue weighted by molar-refractivity contribution is 5.75. The summed E-state index contributed by atoms with van der Waals surface area (Å²) in [6.45, 7) is 7.12. The largest absolute Gasteiger partial charge is 0.303 e. The summed E-state index contributed by atoms with van der Waals surface area (Å²) in [4.78, 5) is 13.2. The van der Waals surface area contributed by atoms with Crippen LogP contribution in [-0.4, -0.2) is 30.3 Å². The molecule has 0 bridgehead atoms. The third-order valence-electron chi connectivity index (χ3n) is 2.97. The normalized spacial score (nSPS) is 17.5. The van der Waals surface area contributed by atoms with Crippen molar-refractivity contribution in [3.05, 3.63) is 0 Å². The SMILES string of the molecule is CCN(CCC(C)=O)CC1CCC1. The van der Waals surface area contributed by atoms with E-state index in [2.05, 4.69) is 11.8 Å². The Hall–Kier alpha value is -0.370. The zero-order chi connectivity index (χ0) is 9.68. The van der Waals surface area contributed by atoms with Gasteiger partial charge in [0.05, 0.1) is 0 Å². The van der Waals surface area contributed by atoms with Gasteiger partial charge in [-0.1, -0.05) is 13.3 Å². The second-order valence-electron chi connectivity index (χ2n) is 4.14. The highest BCUT2D eigenvalue weighted by Crippen LogP contribution is 2.26. The Balaban J connectivity index is 2.13. The lowest BCUT2D eigenvalue weighted by Gasteiger charge is -2.31. The van der Waals surface area contributed by atoms with Crippen molar-refractivity contribution >= 4 is 5.78 Å². The number of nitrogens with zero attached hydrogens (tertiary/aromatic N) is 1. The van der Waals surface area contributed by atoms with Crippen LogP contribution in [0, 0.1) is 5.92 Å². The van der Waals surface area contributed by atoms with Gasteiger partial charge in [0, 0.05) is 19.5 Å². The van der Waals surface area contributed by atoms with Gasteiger partial charge >= 0.3 is 0 Å². The Morgan fingerprint density at radius 1 is 1.46 bits per heavy atom. The number of ketones is 1. The molecular weight excluding hydrogens is 162 g/mol. The molecule has 1 aliphatic carbocycles. The summed E-state index contributed by atoms with van der Waals surface area (Å²) in [5.41, 5.74) is 0. The molecule has 0 aromatic heterocycles. The van der Waals surface area contributed by atoms with E-state index in [1.165, 1.54) is 25.8 Å². The lowest BCUT2D eigenvalue weighted by molar-refractivity contribution is -0.117. The molecule has 13 heavy (non-hydrogen) atoms. The molecule has 1 saturated carbocycles. The van der Waals surface area contributed by atoms with Gasteiger partial charge in [0.25, 0.3) is 0 Å². The molecule has 1 rings (SSSR count). The van der Waals surface area contributed by atoms with Crippen molar-refractivity contribution in [1.82, 2.24) is 4.90 Å². The van der Waals surface area contributed by atoms with Crippen molar-refractivity contribution < 1.29 is 4.79 Å². The summed E-state index contributed by atoms with van der Waals surface area (Å²) in [5, 5.41) is 0. The highest BCUT2D eigenvalue weighted by atomic mass is 16.1. The summed E-state index contributed by atoms with van der Waals surface area (Å²) in [6, 6.07) is 0. The van der Waals surface area contributed by atoms with Gasteiger partial charge in [-0.15, -0.1) is 0 Å². The van der Waals surface area contributed by atoms with Crippen LogP contribution in [-0.2, 0) is 4.79 Å². The second kappa shape index (κ2) is 5.38. The molecule has 0 saturated heterocycles. The fourth-order valence-corrected chi connectivity index (χ4v) is 1.73. The van der Waals surface area contributed by atoms with E-state index in [0.29, 0.717) is 5.78 Å². The van der Waals surface area contributed by atoms with Crippen LogP contribution in [0.25, 0.3) is 0 Å². The van der Waals surface area contributed by atoms with E-state index >= 15 is 0 Å². The van der Waals surface area contributed by atoms with Crippen molar-refractivity contribution in [2.75, 3.05) is 19.6 Å². The number of rotatable bonds is 6. The van der Waals surface area contributed by atoms with Crippen molar-refractivity contribution in [3.8, 4) is 0 Å². The molecule has 0 spiro atoms. The van der Waals surface area contributed by atoms with E-state index in [-0.39, 0.29) is 0 Å². The Morgan fingerprint density at radius 2 is 2.15 bits per heavy atom. The van der Waals surface area contributed by atoms with Gasteiger partial charge in [0.2, 0.25) is 0 Å². The van der Waals surface area contributed by atoms with Gasteiger partial charge in [-0.25, -0.2) is 0 Å². The average molecular weight is 183 g/mol. The number of Topliss-reactive ketones (excluding diaryl/α,β-unsaturated/α-hetero) is 1. The predicted molar refractivity (Wildman–Crippen MR) is 54.8 cm³/mol. The van der Waals surface area contributed by atoms with E-state index in [1.54, 1.807) is 6.92 Å². The molecule has 76 valence electrons. The molecule has 0 radical (unpaired) electrons. The summed E-state index contributed by atoms with van der Waals surface area (Å²) in [7, 11) is 0. The van der Waals surface area contributed by atoms with Crippen LogP contribution in [0.1, 0.15) is 39.5 Å². The monoisotopic (exact) mass is 183 g/mol. The number of hydrogen-bond acceptors (Lipinski definition) is 2. The zero-order valence-electron chi connectivity index (χ0n) is 8.88. The first-order valence-electron chi connectivity index (χ1n) is 5.44. The maximum absolute atomic E-state index is 10.8. The minimum absolute atomic E-state index is 0.312. The van der Waals surface area contributed by atoms with Gasteiger partial charge in [-0.2, -0.15) is 0 Å². The van der Waals surface area contributed by atoms with Crippen LogP contribution in [0.2, 0.25) is 0 Å². The summed E-state index contributed by atoms with van der Waals surface area (Å²) < 4.78 is 0. The van der Waals surface area contributed by atoms with Crippen LogP contribution in [0.3, 0.4) is 0 Å². The molecule has 0 atom stereocenters. The fraction of sp³-hybridized carbons (Fsp3) is 0.909. The summed E-state index contributed by atoms with van der Waals surface area (Å²) >= 11 is 0. The first-order chi connectivity index (χ1) is 6.22. The Labute approximate surface area is 81.3 Å². The quantitative estimate of drug-likeness (QED) is 0.628. The Bertz CT molecular complexity index is 163. The van der Waals surface area contributed by atoms with Crippen LogP contribution in [0.5, 0.6) is 0 Å². The van der Waals surface area contributed by atoms with Gasteiger partial charge in [0.1, 0.15) is 5.78 Å². The first-order valence-corrected chi connectivity index (χ1v) is 5.44. The van der Waals surface area contributed by atoms with E-state index in [0.717, 1.165) is 25.4 Å². The molecule has 0 unspecified atom stereocenters. The van der Waals surface area contributed by atoms with Crippen molar-refractivity contribution in [1.29, 1.82) is 0 Å². The molecule has 2 nitrogen and oxygen atoms in total. The molecular formula is C11H21NO. The number of hydrogen-bond donors (Lipinski definition) is 0. The maximum Gasteiger partial charge on any atom is 0.131 e. The van der Waals surface area contributed by atoms with Crippen molar-refractivity contribution in [3.63, 3.8) is 0 Å².